The normalized spacial score (nSPS) is 10.6. The van der Waals surface area contributed by atoms with Crippen LogP contribution in [0.1, 0.15) is 18.4 Å². The minimum Gasteiger partial charge on any atom is -0.423 e. The van der Waals surface area contributed by atoms with Crippen LogP contribution in [0.3, 0.4) is 0 Å². The van der Waals surface area contributed by atoms with E-state index in [1.54, 1.807) is 6.07 Å². The molecule has 0 saturated carbocycles. The second-order valence-electron chi connectivity index (χ2n) is 5.36. The van der Waals surface area contributed by atoms with Crippen LogP contribution in [0.15, 0.2) is 63.8 Å². The third-order valence-electron chi connectivity index (χ3n) is 3.67. The maximum atomic E-state index is 11.7. The second-order valence-corrected chi connectivity index (χ2v) is 5.36. The number of unbranched alkanes of at least 4 members (excludes halogenated alkanes) is 1. The van der Waals surface area contributed by atoms with Crippen LogP contribution in [0.5, 0.6) is 0 Å². The van der Waals surface area contributed by atoms with E-state index in [1.807, 2.05) is 42.5 Å². The average Bonchev–Trinajstić information content (AvgIpc) is 2.56. The summed E-state index contributed by atoms with van der Waals surface area (Å²) in [5.41, 5.74) is 3.00. The van der Waals surface area contributed by atoms with Crippen LogP contribution in [0.25, 0.3) is 11.0 Å². The predicted molar refractivity (Wildman–Crippen MR) is 91.2 cm³/mol. The Morgan fingerprint density at radius 2 is 1.83 bits per heavy atom. The van der Waals surface area contributed by atoms with Gasteiger partial charge in [-0.05, 0) is 42.7 Å². The minimum absolute atomic E-state index is 0.378. The van der Waals surface area contributed by atoms with E-state index in [2.05, 4.69) is 5.32 Å². The standard InChI is InChI=1S/C19H17NO3/c21-12-4-3-5-14-8-10-15(11-9-14)20-17-13-19(22)23-18-7-2-1-6-16(17)18/h1-2,6-13,20H,3-5H2. The van der Waals surface area contributed by atoms with Crippen molar-refractivity contribution in [2.45, 2.75) is 19.3 Å². The van der Waals surface area contributed by atoms with E-state index < -0.39 is 0 Å². The molecule has 0 aliphatic rings. The maximum absolute atomic E-state index is 11.7. The number of para-hydroxylation sites is 1. The van der Waals surface area contributed by atoms with Crippen molar-refractivity contribution in [2.24, 2.45) is 0 Å². The number of carbonyl (C=O) groups is 1. The van der Waals surface area contributed by atoms with Gasteiger partial charge in [0.2, 0.25) is 0 Å². The lowest BCUT2D eigenvalue weighted by molar-refractivity contribution is -0.107. The van der Waals surface area contributed by atoms with E-state index in [4.69, 9.17) is 4.42 Å². The largest absolute Gasteiger partial charge is 0.423 e. The molecule has 0 aliphatic heterocycles. The number of hydrogen-bond donors (Lipinski definition) is 1. The Morgan fingerprint density at radius 3 is 2.61 bits per heavy atom. The number of carbonyl (C=O) groups excluding carboxylic acids is 1. The molecule has 4 nitrogen and oxygen atoms in total. The van der Waals surface area contributed by atoms with Crippen LogP contribution in [0.2, 0.25) is 0 Å². The molecule has 116 valence electrons. The van der Waals surface area contributed by atoms with Crippen LogP contribution in [-0.4, -0.2) is 6.29 Å². The van der Waals surface area contributed by atoms with Gasteiger partial charge in [-0.3, -0.25) is 0 Å². The van der Waals surface area contributed by atoms with Gasteiger partial charge in [0, 0.05) is 23.6 Å². The van der Waals surface area contributed by atoms with E-state index >= 15 is 0 Å². The molecule has 3 aromatic rings. The molecule has 1 aromatic heterocycles. The van der Waals surface area contributed by atoms with Crippen LogP contribution in [-0.2, 0) is 11.2 Å². The highest BCUT2D eigenvalue weighted by Gasteiger charge is 2.05. The van der Waals surface area contributed by atoms with Gasteiger partial charge in [-0.25, -0.2) is 4.79 Å². The molecule has 23 heavy (non-hydrogen) atoms. The number of fused-ring (bicyclic) bond motifs is 1. The van der Waals surface area contributed by atoms with Gasteiger partial charge in [-0.2, -0.15) is 0 Å². The number of anilines is 2. The summed E-state index contributed by atoms with van der Waals surface area (Å²) in [6.45, 7) is 0. The number of hydrogen-bond acceptors (Lipinski definition) is 4. The third-order valence-corrected chi connectivity index (χ3v) is 3.67. The Morgan fingerprint density at radius 1 is 1.04 bits per heavy atom. The topological polar surface area (TPSA) is 59.3 Å². The smallest absolute Gasteiger partial charge is 0.338 e. The van der Waals surface area contributed by atoms with E-state index in [-0.39, 0.29) is 5.63 Å². The molecule has 0 bridgehead atoms. The molecule has 2 aromatic carbocycles. The zero-order valence-corrected chi connectivity index (χ0v) is 12.6. The van der Waals surface area contributed by atoms with Gasteiger partial charge < -0.3 is 14.5 Å². The van der Waals surface area contributed by atoms with Gasteiger partial charge in [0.1, 0.15) is 11.9 Å². The molecule has 4 heteroatoms. The summed E-state index contributed by atoms with van der Waals surface area (Å²) in [6, 6.07) is 16.9. The van der Waals surface area contributed by atoms with E-state index in [0.29, 0.717) is 12.0 Å². The van der Waals surface area contributed by atoms with Gasteiger partial charge in [0.15, 0.2) is 0 Å². The Labute approximate surface area is 133 Å². The molecule has 0 radical (unpaired) electrons. The molecule has 3 rings (SSSR count). The highest BCUT2D eigenvalue weighted by atomic mass is 16.4. The lowest BCUT2D eigenvalue weighted by Gasteiger charge is -2.09. The highest BCUT2D eigenvalue weighted by molar-refractivity contribution is 5.91. The molecule has 0 atom stereocenters. The lowest BCUT2D eigenvalue weighted by Crippen LogP contribution is -2.01. The Kier molecular flexibility index (Phi) is 4.52. The van der Waals surface area contributed by atoms with Gasteiger partial charge >= 0.3 is 5.63 Å². The first-order valence-electron chi connectivity index (χ1n) is 7.59. The molecule has 0 fully saturated rings. The fourth-order valence-electron chi connectivity index (χ4n) is 2.51. The van der Waals surface area contributed by atoms with Crippen molar-refractivity contribution in [3.8, 4) is 0 Å². The van der Waals surface area contributed by atoms with Crippen molar-refractivity contribution in [2.75, 3.05) is 5.32 Å². The predicted octanol–water partition coefficient (Wildman–Crippen LogP) is 4.06. The first-order chi connectivity index (χ1) is 11.3. The second kappa shape index (κ2) is 6.92. The molecule has 0 aliphatic carbocycles. The average molecular weight is 307 g/mol. The van der Waals surface area contributed by atoms with Gasteiger partial charge in [-0.15, -0.1) is 0 Å². The first-order valence-corrected chi connectivity index (χ1v) is 7.59. The molecule has 0 amide bonds. The zero-order chi connectivity index (χ0) is 16.1. The van der Waals surface area contributed by atoms with Gasteiger partial charge in [0.25, 0.3) is 0 Å². The summed E-state index contributed by atoms with van der Waals surface area (Å²) in [5, 5.41) is 4.13. The summed E-state index contributed by atoms with van der Waals surface area (Å²) >= 11 is 0. The summed E-state index contributed by atoms with van der Waals surface area (Å²) in [7, 11) is 0. The van der Waals surface area contributed by atoms with Gasteiger partial charge in [0.05, 0.1) is 5.69 Å². The number of aryl methyl sites for hydroxylation is 1. The van der Waals surface area contributed by atoms with Crippen molar-refractivity contribution in [3.63, 3.8) is 0 Å². The van der Waals surface area contributed by atoms with E-state index in [0.717, 1.165) is 35.9 Å². The molecule has 0 unspecified atom stereocenters. The van der Waals surface area contributed by atoms with Crippen molar-refractivity contribution in [3.05, 3.63) is 70.6 Å². The number of nitrogens with one attached hydrogen (secondary N) is 1. The molecule has 0 saturated heterocycles. The van der Waals surface area contributed by atoms with Crippen LogP contribution >= 0.6 is 0 Å². The lowest BCUT2D eigenvalue weighted by atomic mass is 10.1. The zero-order valence-electron chi connectivity index (χ0n) is 12.6. The number of aldehydes is 1. The summed E-state index contributed by atoms with van der Waals surface area (Å²) in [5.74, 6) is 0. The van der Waals surface area contributed by atoms with Crippen molar-refractivity contribution in [1.82, 2.24) is 0 Å². The molecular weight excluding hydrogens is 290 g/mol. The SMILES string of the molecule is O=CCCCc1ccc(Nc2cc(=O)oc3ccccc23)cc1. The summed E-state index contributed by atoms with van der Waals surface area (Å²) < 4.78 is 5.19. The van der Waals surface area contributed by atoms with Crippen LogP contribution in [0, 0.1) is 0 Å². The fourth-order valence-corrected chi connectivity index (χ4v) is 2.51. The van der Waals surface area contributed by atoms with Gasteiger partial charge in [-0.1, -0.05) is 24.3 Å². The monoisotopic (exact) mass is 307 g/mol. The van der Waals surface area contributed by atoms with Crippen LogP contribution in [0.4, 0.5) is 11.4 Å². The number of rotatable bonds is 6. The van der Waals surface area contributed by atoms with Crippen molar-refractivity contribution in [1.29, 1.82) is 0 Å². The molecule has 1 N–H and O–H groups in total. The molecule has 0 spiro atoms. The molecular formula is C19H17NO3. The van der Waals surface area contributed by atoms with E-state index in [1.165, 1.54) is 11.6 Å². The number of benzene rings is 2. The Balaban J connectivity index is 1.82. The quantitative estimate of drug-likeness (QED) is 0.424. The minimum atomic E-state index is -0.378. The first kappa shape index (κ1) is 15.0. The summed E-state index contributed by atoms with van der Waals surface area (Å²) in [4.78, 5) is 22.0. The third kappa shape index (κ3) is 3.66. The van der Waals surface area contributed by atoms with Crippen LogP contribution < -0.4 is 10.9 Å². The Bertz CT molecular complexity index is 866. The maximum Gasteiger partial charge on any atom is 0.338 e. The Hall–Kier alpha value is -2.88. The van der Waals surface area contributed by atoms with Crippen molar-refractivity contribution >= 4 is 28.6 Å². The molecule has 1 heterocycles. The highest BCUT2D eigenvalue weighted by Crippen LogP contribution is 2.25. The van der Waals surface area contributed by atoms with Crippen molar-refractivity contribution < 1.29 is 9.21 Å². The van der Waals surface area contributed by atoms with E-state index in [9.17, 15) is 9.59 Å². The fraction of sp³-hybridized carbons (Fsp3) is 0.158. The summed E-state index contributed by atoms with van der Waals surface area (Å²) in [6.07, 6.45) is 3.28.